The zero-order chi connectivity index (χ0) is 23.1. The van der Waals surface area contributed by atoms with Gasteiger partial charge in [0.05, 0.1) is 27.3 Å². The van der Waals surface area contributed by atoms with Gasteiger partial charge in [-0.05, 0) is 55.2 Å². The second kappa shape index (κ2) is 10.9. The number of thioether (sulfide) groups is 1. The van der Waals surface area contributed by atoms with Crippen molar-refractivity contribution in [3.05, 3.63) is 74.6 Å². The van der Waals surface area contributed by atoms with Crippen LogP contribution in [0, 0.1) is 10.1 Å². The number of nitro groups is 1. The van der Waals surface area contributed by atoms with E-state index >= 15 is 0 Å². The summed E-state index contributed by atoms with van der Waals surface area (Å²) in [4.78, 5) is 39.6. The van der Waals surface area contributed by atoms with Crippen molar-refractivity contribution in [2.45, 2.75) is 13.5 Å². The number of non-ortho nitro benzene ring substituents is 1. The average Bonchev–Trinajstić information content (AvgIpc) is 3.12. The van der Waals surface area contributed by atoms with Gasteiger partial charge in [0.25, 0.3) is 11.6 Å². The van der Waals surface area contributed by atoms with Crippen molar-refractivity contribution < 1.29 is 19.2 Å². The van der Waals surface area contributed by atoms with E-state index in [1.807, 2.05) is 16.9 Å². The third kappa shape index (κ3) is 5.71. The molecule has 0 aliphatic heterocycles. The Morgan fingerprint density at radius 3 is 2.66 bits per heavy atom. The van der Waals surface area contributed by atoms with Crippen molar-refractivity contribution in [3.63, 3.8) is 0 Å². The number of carbonyl (C=O) groups excluding carboxylic acids is 2. The lowest BCUT2D eigenvalue weighted by Gasteiger charge is -2.05. The lowest BCUT2D eigenvalue weighted by Crippen LogP contribution is -2.17. The molecule has 0 bridgehead atoms. The molecule has 0 atom stereocenters. The molecule has 10 heteroatoms. The molecular weight excluding hydrogens is 450 g/mol. The minimum atomic E-state index is -0.476. The number of fused-ring (bicyclic) bond motifs is 1. The Bertz CT molecular complexity index is 1240. The molecule has 32 heavy (non-hydrogen) atoms. The van der Waals surface area contributed by atoms with E-state index < -0.39 is 10.8 Å². The summed E-state index contributed by atoms with van der Waals surface area (Å²) in [6.07, 6.45) is 4.89. The first-order valence-corrected chi connectivity index (χ1v) is 11.9. The Morgan fingerprint density at radius 1 is 1.25 bits per heavy atom. The SMILES string of the molecule is CCOC(=O)c1ccc2c(c1)sc(=NC(=O)/C=C/c1ccc([N+](=O)[O-])cc1)n2CCSC. The van der Waals surface area contributed by atoms with Crippen LogP contribution in [0.1, 0.15) is 22.8 Å². The van der Waals surface area contributed by atoms with Gasteiger partial charge in [-0.1, -0.05) is 11.3 Å². The van der Waals surface area contributed by atoms with Gasteiger partial charge in [0.1, 0.15) is 0 Å². The van der Waals surface area contributed by atoms with E-state index in [0.717, 1.165) is 16.0 Å². The Kier molecular flexibility index (Phi) is 7.96. The predicted molar refractivity (Wildman–Crippen MR) is 127 cm³/mol. The topological polar surface area (TPSA) is 104 Å². The highest BCUT2D eigenvalue weighted by Crippen LogP contribution is 2.20. The summed E-state index contributed by atoms with van der Waals surface area (Å²) in [6.45, 7) is 2.72. The van der Waals surface area contributed by atoms with Crippen molar-refractivity contribution in [3.8, 4) is 0 Å². The molecule has 0 unspecified atom stereocenters. The molecule has 0 saturated carbocycles. The molecule has 0 fully saturated rings. The van der Waals surface area contributed by atoms with Gasteiger partial charge in [-0.2, -0.15) is 16.8 Å². The monoisotopic (exact) mass is 471 g/mol. The average molecular weight is 472 g/mol. The van der Waals surface area contributed by atoms with Crippen LogP contribution in [-0.4, -0.2) is 40.0 Å². The number of thiazole rings is 1. The van der Waals surface area contributed by atoms with Gasteiger partial charge in [-0.25, -0.2) is 4.79 Å². The molecule has 1 heterocycles. The van der Waals surface area contributed by atoms with E-state index in [1.165, 1.54) is 29.5 Å². The number of rotatable bonds is 8. The minimum absolute atomic E-state index is 0.0135. The number of ether oxygens (including phenoxy) is 1. The van der Waals surface area contributed by atoms with Gasteiger partial charge < -0.3 is 9.30 Å². The maximum atomic E-state index is 12.5. The van der Waals surface area contributed by atoms with E-state index in [9.17, 15) is 19.7 Å². The number of benzene rings is 2. The first kappa shape index (κ1) is 23.4. The Morgan fingerprint density at radius 2 is 2.00 bits per heavy atom. The second-order valence-corrected chi connectivity index (χ2v) is 8.56. The molecule has 1 amide bonds. The molecule has 0 saturated heterocycles. The van der Waals surface area contributed by atoms with Gasteiger partial charge in [-0.15, -0.1) is 0 Å². The first-order valence-electron chi connectivity index (χ1n) is 9.73. The molecule has 1 aromatic heterocycles. The molecule has 0 aliphatic carbocycles. The standard InChI is InChI=1S/C22H21N3O5S2/c1-3-30-21(27)16-7-10-18-19(14-16)32-22(24(18)12-13-31-2)23-20(26)11-6-15-4-8-17(9-5-15)25(28)29/h4-11,14H,3,12-13H2,1-2H3/b11-6+,23-22?. The van der Waals surface area contributed by atoms with E-state index in [2.05, 4.69) is 4.99 Å². The predicted octanol–water partition coefficient (Wildman–Crippen LogP) is 4.29. The first-order chi connectivity index (χ1) is 15.4. The number of nitrogens with zero attached hydrogens (tertiary/aromatic N) is 3. The van der Waals surface area contributed by atoms with Crippen LogP contribution in [0.4, 0.5) is 5.69 Å². The van der Waals surface area contributed by atoms with Gasteiger partial charge in [0.15, 0.2) is 4.80 Å². The van der Waals surface area contributed by atoms with Crippen LogP contribution in [0.5, 0.6) is 0 Å². The number of hydrogen-bond donors (Lipinski definition) is 0. The lowest BCUT2D eigenvalue weighted by molar-refractivity contribution is -0.384. The number of nitro benzene ring substituents is 1. The molecule has 0 radical (unpaired) electrons. The highest BCUT2D eigenvalue weighted by molar-refractivity contribution is 7.98. The molecule has 0 aliphatic rings. The van der Waals surface area contributed by atoms with Crippen LogP contribution in [0.15, 0.2) is 53.5 Å². The zero-order valence-corrected chi connectivity index (χ0v) is 19.1. The quantitative estimate of drug-likeness (QED) is 0.210. The van der Waals surface area contributed by atoms with Crippen molar-refractivity contribution in [1.29, 1.82) is 0 Å². The Hall–Kier alpha value is -3.24. The van der Waals surface area contributed by atoms with Crippen LogP contribution in [0.25, 0.3) is 16.3 Å². The summed E-state index contributed by atoms with van der Waals surface area (Å²) in [5.74, 6) is 0.00310. The fourth-order valence-electron chi connectivity index (χ4n) is 2.90. The van der Waals surface area contributed by atoms with Gasteiger partial charge in [0.2, 0.25) is 0 Å². The molecular formula is C22H21N3O5S2. The Labute approximate surface area is 192 Å². The molecule has 3 rings (SSSR count). The number of carbonyl (C=O) groups is 2. The highest BCUT2D eigenvalue weighted by Gasteiger charge is 2.12. The second-order valence-electron chi connectivity index (χ2n) is 6.56. The lowest BCUT2D eigenvalue weighted by atomic mass is 10.2. The van der Waals surface area contributed by atoms with E-state index in [4.69, 9.17) is 4.74 Å². The summed E-state index contributed by atoms with van der Waals surface area (Å²) < 4.78 is 7.87. The van der Waals surface area contributed by atoms with Crippen molar-refractivity contribution >= 4 is 57.0 Å². The summed E-state index contributed by atoms with van der Waals surface area (Å²) in [6, 6.07) is 11.2. The maximum Gasteiger partial charge on any atom is 0.338 e. The molecule has 2 aromatic carbocycles. The highest BCUT2D eigenvalue weighted by atomic mass is 32.2. The summed E-state index contributed by atoms with van der Waals surface area (Å²) in [5.41, 5.74) is 1.99. The normalized spacial score (nSPS) is 11.9. The molecule has 166 valence electrons. The van der Waals surface area contributed by atoms with Crippen LogP contribution in [0.2, 0.25) is 0 Å². The van der Waals surface area contributed by atoms with Crippen molar-refractivity contribution in [2.75, 3.05) is 18.6 Å². The maximum absolute atomic E-state index is 12.5. The third-order valence-electron chi connectivity index (χ3n) is 4.44. The third-order valence-corrected chi connectivity index (χ3v) is 6.07. The van der Waals surface area contributed by atoms with Crippen LogP contribution >= 0.6 is 23.1 Å². The van der Waals surface area contributed by atoms with E-state index in [0.29, 0.717) is 29.1 Å². The largest absolute Gasteiger partial charge is 0.462 e. The van der Waals surface area contributed by atoms with E-state index in [1.54, 1.807) is 49.0 Å². The smallest absolute Gasteiger partial charge is 0.338 e. The molecule has 8 nitrogen and oxygen atoms in total. The molecule has 0 spiro atoms. The Balaban J connectivity index is 1.92. The molecule has 0 N–H and O–H groups in total. The fourth-order valence-corrected chi connectivity index (χ4v) is 4.37. The van der Waals surface area contributed by atoms with Crippen LogP contribution in [0.3, 0.4) is 0 Å². The number of aromatic nitrogens is 1. The number of esters is 1. The summed E-state index contributed by atoms with van der Waals surface area (Å²) in [7, 11) is 0. The van der Waals surface area contributed by atoms with Gasteiger partial charge in [0, 0.05) is 30.5 Å². The summed E-state index contributed by atoms with van der Waals surface area (Å²) >= 11 is 3.01. The van der Waals surface area contributed by atoms with Crippen molar-refractivity contribution in [2.24, 2.45) is 4.99 Å². The van der Waals surface area contributed by atoms with Crippen molar-refractivity contribution in [1.82, 2.24) is 4.57 Å². The van der Waals surface area contributed by atoms with E-state index in [-0.39, 0.29) is 11.7 Å². The number of hydrogen-bond acceptors (Lipinski definition) is 7. The molecule has 3 aromatic rings. The van der Waals surface area contributed by atoms with Gasteiger partial charge in [-0.3, -0.25) is 14.9 Å². The zero-order valence-electron chi connectivity index (χ0n) is 17.5. The number of amides is 1. The van der Waals surface area contributed by atoms with Gasteiger partial charge >= 0.3 is 5.97 Å². The fraction of sp³-hybridized carbons (Fsp3) is 0.227. The van der Waals surface area contributed by atoms with Crippen LogP contribution < -0.4 is 4.80 Å². The summed E-state index contributed by atoms with van der Waals surface area (Å²) in [5, 5.41) is 10.7. The number of aryl methyl sites for hydroxylation is 1. The van der Waals surface area contributed by atoms with Crippen LogP contribution in [-0.2, 0) is 16.1 Å². The minimum Gasteiger partial charge on any atom is -0.462 e.